The molecule has 0 fully saturated rings. The van der Waals surface area contributed by atoms with Crippen LogP contribution in [0.1, 0.15) is 7.43 Å². The van der Waals surface area contributed by atoms with E-state index < -0.39 is 23.3 Å². The van der Waals surface area contributed by atoms with E-state index in [0.29, 0.717) is 31.6 Å². The number of rotatable bonds is 6. The van der Waals surface area contributed by atoms with E-state index in [4.69, 9.17) is 32.7 Å². The monoisotopic (exact) mass is 1280 g/mol. The lowest BCUT2D eigenvalue weighted by Gasteiger charge is -2.14. The van der Waals surface area contributed by atoms with Crippen molar-refractivity contribution in [3.05, 3.63) is 138 Å². The van der Waals surface area contributed by atoms with Crippen molar-refractivity contribution in [3.63, 3.8) is 0 Å². The largest absolute Gasteiger partial charge is 0.507 e. The summed E-state index contributed by atoms with van der Waals surface area (Å²) in [6.07, 6.45) is 0. The number of benzene rings is 6. The zero-order chi connectivity index (χ0) is 42.6. The van der Waals surface area contributed by atoms with Gasteiger partial charge in [-0.2, -0.15) is 0 Å². The Bertz CT molecular complexity index is 2180. The van der Waals surface area contributed by atoms with Crippen molar-refractivity contribution in [2.75, 3.05) is 19.6 Å². The molecule has 0 saturated heterocycles. The third-order valence-electron chi connectivity index (χ3n) is 7.51. The average molecular weight is 1290 g/mol. The number of aromatic hydroxyl groups is 2. The first-order valence-electron chi connectivity index (χ1n) is 15.6. The Morgan fingerprint density at radius 3 is 0.983 bits per heavy atom. The molecule has 0 amide bonds. The number of ether oxygens (including phenoxy) is 2. The summed E-state index contributed by atoms with van der Waals surface area (Å²) < 4.78 is 71.5. The molecule has 0 spiro atoms. The van der Waals surface area contributed by atoms with Gasteiger partial charge in [-0.3, -0.25) is 0 Å². The Labute approximate surface area is 403 Å². The van der Waals surface area contributed by atoms with Crippen molar-refractivity contribution in [2.24, 2.45) is 0 Å². The summed E-state index contributed by atoms with van der Waals surface area (Å²) in [5.41, 5.74) is 2.02. The number of hydrogen-bond acceptors (Lipinski definition) is 4. The van der Waals surface area contributed by atoms with Gasteiger partial charge in [0.1, 0.15) is 46.3 Å². The van der Waals surface area contributed by atoms with Gasteiger partial charge in [0.05, 0.1) is 19.6 Å². The van der Waals surface area contributed by atoms with Crippen molar-refractivity contribution < 1.29 is 37.2 Å². The lowest BCUT2D eigenvalue weighted by atomic mass is 9.97. The summed E-state index contributed by atoms with van der Waals surface area (Å²) in [5.74, 6) is -2.23. The SMILES string of the molecule is BrB(Br)Br.C.COc1ccc(Br)cc1-c1cc(-c2cc(Br)ccc2OC)c(F)cc1F.ClCCl.Oc1ccc(Br)cc1-c1cc(-c2cc(Br)ccc2O)c(F)cc1F. The molecule has 0 saturated carbocycles. The Kier molecular flexibility index (Phi) is 22.8. The number of halogens is 13. The fraction of sp³-hybridized carbons (Fsp3) is 0.100. The predicted molar refractivity (Wildman–Crippen MR) is 258 cm³/mol. The summed E-state index contributed by atoms with van der Waals surface area (Å²) in [5, 5.41) is 20.2. The van der Waals surface area contributed by atoms with E-state index in [2.05, 4.69) is 111 Å². The zero-order valence-electron chi connectivity index (χ0n) is 29.1. The first-order valence-corrected chi connectivity index (χ1v) is 22.6. The van der Waals surface area contributed by atoms with Crippen LogP contribution in [-0.2, 0) is 0 Å². The summed E-state index contributed by atoms with van der Waals surface area (Å²) >= 11 is 32.1. The van der Waals surface area contributed by atoms with Crippen LogP contribution >= 0.6 is 134 Å². The van der Waals surface area contributed by atoms with E-state index in [1.807, 2.05) is 0 Å². The summed E-state index contributed by atoms with van der Waals surface area (Å²) in [7, 11) is 3.01. The molecule has 6 aromatic rings. The molecule has 308 valence electrons. The smallest absolute Gasteiger partial charge is 0.369 e. The van der Waals surface area contributed by atoms with Gasteiger partial charge in [0.25, 0.3) is 0 Å². The minimum atomic E-state index is -0.806. The van der Waals surface area contributed by atoms with Crippen molar-refractivity contribution in [2.45, 2.75) is 7.43 Å². The maximum atomic E-state index is 14.6. The van der Waals surface area contributed by atoms with Gasteiger partial charge in [0, 0.05) is 74.5 Å². The zero-order valence-corrected chi connectivity index (χ0v) is 41.8. The Morgan fingerprint density at radius 1 is 0.466 bits per heavy atom. The quantitative estimate of drug-likeness (QED) is 0.0991. The Hall–Kier alpha value is -1.76. The van der Waals surface area contributed by atoms with E-state index >= 15 is 0 Å². The number of phenolic OH excluding ortho intramolecular Hbond substituents is 2. The van der Waals surface area contributed by atoms with Crippen molar-refractivity contribution in [1.82, 2.24) is 0 Å². The maximum Gasteiger partial charge on any atom is 0.369 e. The van der Waals surface area contributed by atoms with Gasteiger partial charge in [-0.15, -0.1) is 70.5 Å². The molecular formula is C40H30BBr7Cl2F4O4. The van der Waals surface area contributed by atoms with E-state index in [9.17, 15) is 27.8 Å². The molecule has 0 aromatic heterocycles. The number of methoxy groups -OCH3 is 2. The fourth-order valence-corrected chi connectivity index (χ4v) is 6.60. The molecule has 6 aromatic carbocycles. The van der Waals surface area contributed by atoms with Crippen LogP contribution in [0.5, 0.6) is 23.0 Å². The number of hydrogen-bond donors (Lipinski definition) is 2. The summed E-state index contributed by atoms with van der Waals surface area (Å²) in [6, 6.07) is 24.0. The molecule has 18 heteroatoms. The molecule has 0 aliphatic rings. The molecule has 4 nitrogen and oxygen atoms in total. The van der Waals surface area contributed by atoms with Gasteiger partial charge in [-0.05, 0) is 84.9 Å². The lowest BCUT2D eigenvalue weighted by Crippen LogP contribution is -1.96. The molecule has 0 radical (unpaired) electrons. The van der Waals surface area contributed by atoms with E-state index in [-0.39, 0.29) is 60.8 Å². The average Bonchev–Trinajstić information content (AvgIpc) is 3.14. The highest BCUT2D eigenvalue weighted by Crippen LogP contribution is 2.42. The van der Waals surface area contributed by atoms with Crippen LogP contribution in [0, 0.1) is 23.3 Å². The van der Waals surface area contributed by atoms with Gasteiger partial charge >= 0.3 is 3.18 Å². The predicted octanol–water partition coefficient (Wildman–Crippen LogP) is 17.3. The maximum absolute atomic E-state index is 14.6. The van der Waals surface area contributed by atoms with E-state index in [1.165, 1.54) is 50.6 Å². The van der Waals surface area contributed by atoms with Gasteiger partial charge in [0.15, 0.2) is 0 Å². The third-order valence-corrected chi connectivity index (χ3v) is 9.49. The minimum Gasteiger partial charge on any atom is -0.507 e. The Balaban J connectivity index is 0.000000341. The normalized spacial score (nSPS) is 10.1. The van der Waals surface area contributed by atoms with Gasteiger partial charge < -0.3 is 19.7 Å². The van der Waals surface area contributed by atoms with Crippen LogP contribution in [0.15, 0.2) is 115 Å². The molecule has 0 bridgehead atoms. The van der Waals surface area contributed by atoms with Gasteiger partial charge in [-0.1, -0.05) is 71.1 Å². The number of alkyl halides is 2. The van der Waals surface area contributed by atoms with Crippen molar-refractivity contribution in [3.8, 4) is 67.5 Å². The Morgan fingerprint density at radius 2 is 0.707 bits per heavy atom. The van der Waals surface area contributed by atoms with Crippen LogP contribution < -0.4 is 9.47 Å². The lowest BCUT2D eigenvalue weighted by molar-refractivity contribution is 0.416. The highest BCUT2D eigenvalue weighted by molar-refractivity contribution is 9.69. The van der Waals surface area contributed by atoms with Gasteiger partial charge in [-0.25, -0.2) is 17.6 Å². The fourth-order valence-electron chi connectivity index (χ4n) is 5.15. The molecule has 2 N–H and O–H groups in total. The van der Waals surface area contributed by atoms with Crippen molar-refractivity contribution in [1.29, 1.82) is 0 Å². The molecule has 0 aliphatic heterocycles. The van der Waals surface area contributed by atoms with Crippen LogP contribution in [0.25, 0.3) is 44.5 Å². The number of phenols is 2. The first-order chi connectivity index (χ1) is 26.9. The van der Waals surface area contributed by atoms with Gasteiger partial charge in [0.2, 0.25) is 0 Å². The topological polar surface area (TPSA) is 58.9 Å². The standard InChI is InChI=1S/C20H14Br2F2O2.C18H10Br2F2O2.CH2Cl2.CH4.BBr3/c1-25-19-5-3-11(21)7-15(19)13-9-14(18(24)10-17(13)23)16-8-12(22)4-6-20(16)26-2;19-9-1-3-17(23)13(5-9)11-7-12(16(22)8-15(11)21)14-6-10(20)2-4-18(14)24;2-1-3;;2-1(3)4/h3-10H,1-2H3;1-8,23-24H;1H2;1H4;. The molecular weight excluding hydrogens is 1260 g/mol. The second-order valence-corrected chi connectivity index (χ2v) is 21.9. The van der Waals surface area contributed by atoms with Crippen LogP contribution in [-0.4, -0.2) is 33.0 Å². The molecule has 0 heterocycles. The minimum absolute atomic E-state index is 0. The van der Waals surface area contributed by atoms with E-state index in [1.54, 1.807) is 48.5 Å². The van der Waals surface area contributed by atoms with Crippen LogP contribution in [0.2, 0.25) is 0 Å². The highest BCUT2D eigenvalue weighted by Gasteiger charge is 2.20. The molecule has 0 aliphatic carbocycles. The third kappa shape index (κ3) is 14.7. The van der Waals surface area contributed by atoms with Crippen molar-refractivity contribution >= 4 is 137 Å². The molecule has 58 heavy (non-hydrogen) atoms. The molecule has 0 unspecified atom stereocenters. The molecule has 6 rings (SSSR count). The first kappa shape index (κ1) is 52.4. The van der Waals surface area contributed by atoms with Crippen LogP contribution in [0.3, 0.4) is 0 Å². The molecule has 0 atom stereocenters. The summed E-state index contributed by atoms with van der Waals surface area (Å²) in [6.45, 7) is 0. The second kappa shape index (κ2) is 25.2. The summed E-state index contributed by atoms with van der Waals surface area (Å²) in [4.78, 5) is 0. The van der Waals surface area contributed by atoms with E-state index in [0.717, 1.165) is 21.1 Å². The van der Waals surface area contributed by atoms with Crippen LogP contribution in [0.4, 0.5) is 17.6 Å². The second-order valence-electron chi connectivity index (χ2n) is 11.0. The highest BCUT2D eigenvalue weighted by atomic mass is 79.9.